The normalized spacial score (nSPS) is 10.9. The summed E-state index contributed by atoms with van der Waals surface area (Å²) in [5.74, 6) is 0. The van der Waals surface area contributed by atoms with Gasteiger partial charge < -0.3 is 0 Å². The van der Waals surface area contributed by atoms with Gasteiger partial charge in [0.1, 0.15) is 10.7 Å². The van der Waals surface area contributed by atoms with E-state index in [1.165, 1.54) is 11.3 Å². The zero-order valence-electron chi connectivity index (χ0n) is 7.45. The Kier molecular flexibility index (Phi) is 1.90. The molecule has 0 aromatic carbocycles. The maximum Gasteiger partial charge on any atom is 0.194 e. The fourth-order valence-electron chi connectivity index (χ4n) is 1.32. The predicted octanol–water partition coefficient (Wildman–Crippen LogP) is 2.33. The smallest absolute Gasteiger partial charge is 0.194 e. The lowest BCUT2D eigenvalue weighted by Gasteiger charge is -1.84. The molecule has 0 saturated heterocycles. The largest absolute Gasteiger partial charge is 0.297 e. The molecule has 0 bridgehead atoms. The molecule has 3 aromatic heterocycles. The number of carbonyl (C=O) groups is 1. The number of aromatic nitrogens is 3. The van der Waals surface area contributed by atoms with Gasteiger partial charge in [-0.3, -0.25) is 9.20 Å². The fraction of sp³-hybridized carbons (Fsp3) is 0. The summed E-state index contributed by atoms with van der Waals surface area (Å²) in [5, 5.41) is 2.82. The first-order valence-corrected chi connectivity index (χ1v) is 5.90. The van der Waals surface area contributed by atoms with Gasteiger partial charge in [-0.1, -0.05) is 11.3 Å². The van der Waals surface area contributed by atoms with Gasteiger partial charge in [-0.25, -0.2) is 9.97 Å². The van der Waals surface area contributed by atoms with E-state index in [0.717, 1.165) is 21.9 Å². The minimum Gasteiger partial charge on any atom is -0.297 e. The highest BCUT2D eigenvalue weighted by molar-refractivity contribution is 7.18. The van der Waals surface area contributed by atoms with Crippen LogP contribution in [-0.2, 0) is 0 Å². The van der Waals surface area contributed by atoms with Crippen LogP contribution in [-0.4, -0.2) is 20.7 Å². The third-order valence-electron chi connectivity index (χ3n) is 1.94. The maximum absolute atomic E-state index is 10.5. The van der Waals surface area contributed by atoms with Gasteiger partial charge in [-0.2, -0.15) is 0 Å². The topological polar surface area (TPSA) is 47.3 Å². The van der Waals surface area contributed by atoms with E-state index >= 15 is 0 Å². The van der Waals surface area contributed by atoms with E-state index in [1.54, 1.807) is 23.7 Å². The molecule has 4 nitrogen and oxygen atoms in total. The van der Waals surface area contributed by atoms with Gasteiger partial charge in [-0.15, -0.1) is 11.3 Å². The molecule has 3 aromatic rings. The van der Waals surface area contributed by atoms with Crippen molar-refractivity contribution in [3.63, 3.8) is 0 Å². The van der Waals surface area contributed by atoms with E-state index in [0.29, 0.717) is 4.88 Å². The molecule has 15 heavy (non-hydrogen) atoms. The summed E-state index contributed by atoms with van der Waals surface area (Å²) in [6.45, 7) is 0. The Labute approximate surface area is 92.9 Å². The van der Waals surface area contributed by atoms with Crippen LogP contribution in [0.2, 0.25) is 0 Å². The van der Waals surface area contributed by atoms with Crippen LogP contribution >= 0.6 is 22.7 Å². The first-order valence-electron chi connectivity index (χ1n) is 4.20. The monoisotopic (exact) mass is 235 g/mol. The van der Waals surface area contributed by atoms with Gasteiger partial charge >= 0.3 is 0 Å². The highest BCUT2D eigenvalue weighted by Gasteiger charge is 2.08. The first-order chi connectivity index (χ1) is 7.36. The number of rotatable bonds is 2. The van der Waals surface area contributed by atoms with E-state index in [9.17, 15) is 4.79 Å². The van der Waals surface area contributed by atoms with Crippen molar-refractivity contribution >= 4 is 33.9 Å². The highest BCUT2D eigenvalue weighted by atomic mass is 32.1. The van der Waals surface area contributed by atoms with E-state index in [4.69, 9.17) is 0 Å². The Bertz CT molecular complexity index is 577. The molecule has 0 atom stereocenters. The molecule has 0 aliphatic rings. The molecule has 0 spiro atoms. The number of nitrogens with zero attached hydrogens (tertiary/aromatic N) is 3. The Balaban J connectivity index is 2.16. The van der Waals surface area contributed by atoms with E-state index in [-0.39, 0.29) is 0 Å². The van der Waals surface area contributed by atoms with Gasteiger partial charge in [0, 0.05) is 24.0 Å². The predicted molar refractivity (Wildman–Crippen MR) is 59.6 cm³/mol. The first kappa shape index (κ1) is 8.75. The van der Waals surface area contributed by atoms with Crippen molar-refractivity contribution in [1.29, 1.82) is 0 Å². The number of carbonyl (C=O) groups excluding carboxylic acids is 1. The number of imidazole rings is 1. The summed E-state index contributed by atoms with van der Waals surface area (Å²) in [5.41, 5.74) is 0.855. The number of hydrogen-bond acceptors (Lipinski definition) is 5. The molecule has 6 heteroatoms. The number of aldehydes is 1. The quantitative estimate of drug-likeness (QED) is 0.640. The molecule has 3 rings (SSSR count). The standard InChI is InChI=1S/C9H5N3OS2/c13-5-6-3-12-4-7(11-9(12)15-6)8-10-1-2-14-8/h1-5H. The van der Waals surface area contributed by atoms with Crippen molar-refractivity contribution < 1.29 is 4.79 Å². The molecule has 74 valence electrons. The Morgan fingerprint density at radius 2 is 2.33 bits per heavy atom. The molecule has 0 fully saturated rings. The molecular formula is C9H5N3OS2. The second kappa shape index (κ2) is 3.25. The van der Waals surface area contributed by atoms with Crippen LogP contribution in [0.3, 0.4) is 0 Å². The summed E-state index contributed by atoms with van der Waals surface area (Å²) in [6, 6.07) is 0. The van der Waals surface area contributed by atoms with Crippen LogP contribution in [0.1, 0.15) is 9.67 Å². The lowest BCUT2D eigenvalue weighted by Crippen LogP contribution is -1.74. The van der Waals surface area contributed by atoms with Crippen LogP contribution in [0.25, 0.3) is 15.7 Å². The van der Waals surface area contributed by atoms with Gasteiger partial charge in [0.05, 0.1) is 4.88 Å². The van der Waals surface area contributed by atoms with Crippen LogP contribution in [0, 0.1) is 0 Å². The molecular weight excluding hydrogens is 230 g/mol. The zero-order chi connectivity index (χ0) is 10.3. The molecule has 0 aliphatic heterocycles. The summed E-state index contributed by atoms with van der Waals surface area (Å²) >= 11 is 2.93. The lowest BCUT2D eigenvalue weighted by molar-refractivity contribution is 0.112. The average Bonchev–Trinajstić information content (AvgIpc) is 2.91. The van der Waals surface area contributed by atoms with Crippen molar-refractivity contribution in [2.24, 2.45) is 0 Å². The Morgan fingerprint density at radius 3 is 3.00 bits per heavy atom. The maximum atomic E-state index is 10.5. The molecule has 0 amide bonds. The molecule has 3 heterocycles. The molecule has 0 saturated carbocycles. The van der Waals surface area contributed by atoms with Crippen molar-refractivity contribution in [2.75, 3.05) is 0 Å². The minimum atomic E-state index is 0.684. The van der Waals surface area contributed by atoms with Crippen LogP contribution in [0.4, 0.5) is 0 Å². The SMILES string of the molecule is O=Cc1cn2cc(-c3nccs3)nc2s1. The minimum absolute atomic E-state index is 0.684. The molecule has 0 radical (unpaired) electrons. The van der Waals surface area contributed by atoms with Crippen molar-refractivity contribution in [1.82, 2.24) is 14.4 Å². The Hall–Kier alpha value is -1.53. The highest BCUT2D eigenvalue weighted by Crippen LogP contribution is 2.24. The van der Waals surface area contributed by atoms with Crippen LogP contribution in [0.15, 0.2) is 24.0 Å². The van der Waals surface area contributed by atoms with E-state index in [1.807, 2.05) is 16.0 Å². The third kappa shape index (κ3) is 1.38. The van der Waals surface area contributed by atoms with Gasteiger partial charge in [-0.05, 0) is 0 Å². The van der Waals surface area contributed by atoms with Crippen molar-refractivity contribution in [3.05, 3.63) is 28.8 Å². The number of thiazole rings is 2. The number of hydrogen-bond donors (Lipinski definition) is 0. The summed E-state index contributed by atoms with van der Waals surface area (Å²) in [6.07, 6.45) is 6.25. The van der Waals surface area contributed by atoms with Crippen molar-refractivity contribution in [3.8, 4) is 10.7 Å². The van der Waals surface area contributed by atoms with Crippen LogP contribution < -0.4 is 0 Å². The Morgan fingerprint density at radius 1 is 1.40 bits per heavy atom. The summed E-state index contributed by atoms with van der Waals surface area (Å²) < 4.78 is 1.85. The molecule has 0 N–H and O–H groups in total. The molecule has 0 unspecified atom stereocenters. The van der Waals surface area contributed by atoms with Crippen molar-refractivity contribution in [2.45, 2.75) is 0 Å². The third-order valence-corrected chi connectivity index (χ3v) is 3.66. The van der Waals surface area contributed by atoms with Gasteiger partial charge in [0.2, 0.25) is 0 Å². The summed E-state index contributed by atoms with van der Waals surface area (Å²) in [7, 11) is 0. The second-order valence-corrected chi connectivity index (χ2v) is 4.84. The number of fused-ring (bicyclic) bond motifs is 1. The average molecular weight is 235 g/mol. The molecule has 0 aliphatic carbocycles. The fourth-order valence-corrected chi connectivity index (χ4v) is 2.69. The lowest BCUT2D eigenvalue weighted by atomic mass is 10.5. The zero-order valence-corrected chi connectivity index (χ0v) is 9.09. The second-order valence-electron chi connectivity index (χ2n) is 2.90. The van der Waals surface area contributed by atoms with E-state index < -0.39 is 0 Å². The van der Waals surface area contributed by atoms with Gasteiger partial charge in [0.25, 0.3) is 0 Å². The van der Waals surface area contributed by atoms with Gasteiger partial charge in [0.15, 0.2) is 11.2 Å². The van der Waals surface area contributed by atoms with Crippen LogP contribution in [0.5, 0.6) is 0 Å². The van der Waals surface area contributed by atoms with E-state index in [2.05, 4.69) is 9.97 Å². The summed E-state index contributed by atoms with van der Waals surface area (Å²) in [4.78, 5) is 20.6.